The standard InChI is InChI=1S/C17H17N3O5/c1-10-3-5-12(6-4-10)19-16(23)17(24)20-18-9-11-7-13(21)15(22)14(8-11)25-2/h3-9,21-22H,1-2H3,(H,19,23)(H,20,24)/b18-9+. The largest absolute Gasteiger partial charge is 0.504 e. The van der Waals surface area contributed by atoms with Crippen LogP contribution in [0.25, 0.3) is 0 Å². The van der Waals surface area contributed by atoms with Crippen molar-refractivity contribution in [2.24, 2.45) is 5.10 Å². The first-order valence-corrected chi connectivity index (χ1v) is 7.21. The molecule has 0 aliphatic rings. The molecule has 4 N–H and O–H groups in total. The van der Waals surface area contributed by atoms with Gasteiger partial charge in [-0.25, -0.2) is 5.43 Å². The van der Waals surface area contributed by atoms with Gasteiger partial charge in [0.2, 0.25) is 5.75 Å². The van der Waals surface area contributed by atoms with Crippen LogP contribution < -0.4 is 15.5 Å². The van der Waals surface area contributed by atoms with E-state index in [2.05, 4.69) is 15.8 Å². The van der Waals surface area contributed by atoms with Gasteiger partial charge in [0.15, 0.2) is 11.5 Å². The fourth-order valence-corrected chi connectivity index (χ4v) is 1.88. The molecule has 2 aromatic carbocycles. The molecule has 0 bridgehead atoms. The van der Waals surface area contributed by atoms with Gasteiger partial charge in [0.1, 0.15) is 0 Å². The Morgan fingerprint density at radius 2 is 1.80 bits per heavy atom. The third-order valence-electron chi connectivity index (χ3n) is 3.19. The van der Waals surface area contributed by atoms with Gasteiger partial charge in [-0.2, -0.15) is 5.10 Å². The summed E-state index contributed by atoms with van der Waals surface area (Å²) in [5.74, 6) is -2.57. The second kappa shape index (κ2) is 7.82. The molecule has 2 amide bonds. The number of phenolic OH excluding ortho intramolecular Hbond substituents is 2. The van der Waals surface area contributed by atoms with Crippen LogP contribution in [0.1, 0.15) is 11.1 Å². The summed E-state index contributed by atoms with van der Waals surface area (Å²) in [4.78, 5) is 23.4. The first kappa shape index (κ1) is 17.8. The number of hydrazone groups is 1. The summed E-state index contributed by atoms with van der Waals surface area (Å²) in [6.45, 7) is 1.91. The number of nitrogens with one attached hydrogen (secondary N) is 2. The summed E-state index contributed by atoms with van der Waals surface area (Å²) in [6.07, 6.45) is 1.19. The van der Waals surface area contributed by atoms with Crippen LogP contribution >= 0.6 is 0 Å². The van der Waals surface area contributed by atoms with Crippen LogP contribution in [0.15, 0.2) is 41.5 Å². The topological polar surface area (TPSA) is 120 Å². The number of hydrogen-bond donors (Lipinski definition) is 4. The number of aromatic hydroxyl groups is 2. The molecule has 0 saturated heterocycles. The zero-order chi connectivity index (χ0) is 18.4. The van der Waals surface area contributed by atoms with Crippen LogP contribution in [0, 0.1) is 6.92 Å². The van der Waals surface area contributed by atoms with E-state index in [0.717, 1.165) is 5.56 Å². The molecule has 0 unspecified atom stereocenters. The molecule has 0 aliphatic carbocycles. The molecule has 0 heterocycles. The third-order valence-corrected chi connectivity index (χ3v) is 3.19. The highest BCUT2D eigenvalue weighted by molar-refractivity contribution is 6.39. The number of nitrogens with zero attached hydrogens (tertiary/aromatic N) is 1. The van der Waals surface area contributed by atoms with Crippen molar-refractivity contribution >= 4 is 23.7 Å². The number of aryl methyl sites for hydroxylation is 1. The molecule has 0 aromatic heterocycles. The van der Waals surface area contributed by atoms with Crippen LogP contribution in [0.3, 0.4) is 0 Å². The molecule has 130 valence electrons. The average Bonchev–Trinajstić information content (AvgIpc) is 2.59. The molecule has 0 spiro atoms. The predicted octanol–water partition coefficient (Wildman–Crippen LogP) is 1.50. The van der Waals surface area contributed by atoms with Gasteiger partial charge in [-0.05, 0) is 31.2 Å². The van der Waals surface area contributed by atoms with Crippen LogP contribution in [-0.2, 0) is 9.59 Å². The van der Waals surface area contributed by atoms with Gasteiger partial charge in [-0.3, -0.25) is 9.59 Å². The lowest BCUT2D eigenvalue weighted by Gasteiger charge is -2.06. The Morgan fingerprint density at radius 1 is 1.12 bits per heavy atom. The molecule has 2 aromatic rings. The van der Waals surface area contributed by atoms with E-state index < -0.39 is 23.3 Å². The number of rotatable bonds is 4. The molecule has 0 aliphatic heterocycles. The van der Waals surface area contributed by atoms with Crippen LogP contribution in [-0.4, -0.2) is 35.4 Å². The van der Waals surface area contributed by atoms with Crippen LogP contribution in [0.2, 0.25) is 0 Å². The number of methoxy groups -OCH3 is 1. The van der Waals surface area contributed by atoms with E-state index >= 15 is 0 Å². The summed E-state index contributed by atoms with van der Waals surface area (Å²) in [7, 11) is 1.33. The summed E-state index contributed by atoms with van der Waals surface area (Å²) < 4.78 is 4.88. The van der Waals surface area contributed by atoms with Crippen molar-refractivity contribution in [3.8, 4) is 17.2 Å². The second-order valence-corrected chi connectivity index (χ2v) is 5.11. The number of phenols is 2. The van der Waals surface area contributed by atoms with Crippen molar-refractivity contribution in [2.75, 3.05) is 12.4 Å². The zero-order valence-corrected chi connectivity index (χ0v) is 13.6. The zero-order valence-electron chi connectivity index (χ0n) is 13.6. The minimum Gasteiger partial charge on any atom is -0.504 e. The number of ether oxygens (including phenoxy) is 1. The highest BCUT2D eigenvalue weighted by Crippen LogP contribution is 2.35. The van der Waals surface area contributed by atoms with E-state index in [1.807, 2.05) is 6.92 Å². The van der Waals surface area contributed by atoms with Gasteiger partial charge in [0.05, 0.1) is 13.3 Å². The van der Waals surface area contributed by atoms with Gasteiger partial charge < -0.3 is 20.3 Å². The Morgan fingerprint density at radius 3 is 2.44 bits per heavy atom. The molecular formula is C17H17N3O5. The molecule has 2 rings (SSSR count). The van der Waals surface area contributed by atoms with Crippen LogP contribution in [0.4, 0.5) is 5.69 Å². The molecule has 8 heteroatoms. The molecule has 0 saturated carbocycles. The first-order valence-electron chi connectivity index (χ1n) is 7.21. The lowest BCUT2D eigenvalue weighted by Crippen LogP contribution is -2.32. The fourth-order valence-electron chi connectivity index (χ4n) is 1.88. The lowest BCUT2D eigenvalue weighted by molar-refractivity contribution is -0.136. The quantitative estimate of drug-likeness (QED) is 0.290. The molecule has 0 atom stereocenters. The Hall–Kier alpha value is -3.55. The van der Waals surface area contributed by atoms with Crippen molar-refractivity contribution in [3.63, 3.8) is 0 Å². The highest BCUT2D eigenvalue weighted by Gasteiger charge is 2.13. The third kappa shape index (κ3) is 4.71. The maximum Gasteiger partial charge on any atom is 0.329 e. The normalized spacial score (nSPS) is 10.5. The van der Waals surface area contributed by atoms with Crippen molar-refractivity contribution in [2.45, 2.75) is 6.92 Å². The maximum absolute atomic E-state index is 11.7. The summed E-state index contributed by atoms with van der Waals surface area (Å²) in [6, 6.07) is 9.58. The smallest absolute Gasteiger partial charge is 0.329 e. The Bertz CT molecular complexity index is 816. The van der Waals surface area contributed by atoms with Crippen molar-refractivity contribution in [1.82, 2.24) is 5.43 Å². The average molecular weight is 343 g/mol. The van der Waals surface area contributed by atoms with Gasteiger partial charge >= 0.3 is 11.8 Å². The number of carbonyl (C=O) groups excluding carboxylic acids is 2. The number of carbonyl (C=O) groups is 2. The van der Waals surface area contributed by atoms with E-state index in [4.69, 9.17) is 4.74 Å². The van der Waals surface area contributed by atoms with E-state index in [1.54, 1.807) is 24.3 Å². The summed E-state index contributed by atoms with van der Waals surface area (Å²) >= 11 is 0. The minimum atomic E-state index is -0.952. The predicted molar refractivity (Wildman–Crippen MR) is 91.9 cm³/mol. The fraction of sp³-hybridized carbons (Fsp3) is 0.118. The SMILES string of the molecule is COc1cc(/C=N/NC(=O)C(=O)Nc2ccc(C)cc2)cc(O)c1O. The van der Waals surface area contributed by atoms with Crippen molar-refractivity contribution in [1.29, 1.82) is 0 Å². The van der Waals surface area contributed by atoms with Gasteiger partial charge in [0, 0.05) is 11.3 Å². The van der Waals surface area contributed by atoms with Crippen molar-refractivity contribution < 1.29 is 24.5 Å². The molecule has 25 heavy (non-hydrogen) atoms. The van der Waals surface area contributed by atoms with E-state index in [0.29, 0.717) is 11.3 Å². The highest BCUT2D eigenvalue weighted by atomic mass is 16.5. The van der Waals surface area contributed by atoms with Crippen LogP contribution in [0.5, 0.6) is 17.2 Å². The summed E-state index contributed by atoms with van der Waals surface area (Å²) in [5, 5.41) is 25.1. The molecule has 8 nitrogen and oxygen atoms in total. The summed E-state index contributed by atoms with van der Waals surface area (Å²) in [5.41, 5.74) is 3.94. The van der Waals surface area contributed by atoms with Gasteiger partial charge in [0.25, 0.3) is 0 Å². The van der Waals surface area contributed by atoms with Gasteiger partial charge in [-0.15, -0.1) is 0 Å². The van der Waals surface area contributed by atoms with E-state index in [-0.39, 0.29) is 5.75 Å². The lowest BCUT2D eigenvalue weighted by atomic mass is 10.2. The molecule has 0 radical (unpaired) electrons. The minimum absolute atomic E-state index is 0.0462. The first-order chi connectivity index (χ1) is 11.9. The Balaban J connectivity index is 1.97. The Kier molecular flexibility index (Phi) is 5.57. The molecule has 0 fully saturated rings. The van der Waals surface area contributed by atoms with Crippen molar-refractivity contribution in [3.05, 3.63) is 47.5 Å². The van der Waals surface area contributed by atoms with Gasteiger partial charge in [-0.1, -0.05) is 17.7 Å². The second-order valence-electron chi connectivity index (χ2n) is 5.11. The van der Waals surface area contributed by atoms with E-state index in [1.165, 1.54) is 25.5 Å². The number of hydrogen-bond acceptors (Lipinski definition) is 6. The number of benzene rings is 2. The van der Waals surface area contributed by atoms with E-state index in [9.17, 15) is 19.8 Å². The monoisotopic (exact) mass is 343 g/mol. The number of amides is 2. The maximum atomic E-state index is 11.7. The Labute approximate surface area is 143 Å². The number of anilines is 1. The molecular weight excluding hydrogens is 326 g/mol.